The largest absolute Gasteiger partial charge is 0.352 e. The minimum atomic E-state index is -0.0850. The average Bonchev–Trinajstić information content (AvgIpc) is 2.43. The lowest BCUT2D eigenvalue weighted by Gasteiger charge is -2.25. The Labute approximate surface area is 143 Å². The molecule has 1 aromatic rings. The van der Waals surface area contributed by atoms with Gasteiger partial charge in [0.05, 0.1) is 5.92 Å². The highest BCUT2D eigenvalue weighted by atomic mass is 35.5. The van der Waals surface area contributed by atoms with Crippen LogP contribution in [0.5, 0.6) is 0 Å². The number of likely N-dealkylation sites (N-methyl/N-ethyl adjacent to an activating group) is 1. The van der Waals surface area contributed by atoms with Crippen molar-refractivity contribution in [2.45, 2.75) is 6.54 Å². The van der Waals surface area contributed by atoms with Gasteiger partial charge >= 0.3 is 0 Å². The number of nitrogens with one attached hydrogen (secondary N) is 3. The van der Waals surface area contributed by atoms with Gasteiger partial charge in [0.15, 0.2) is 0 Å². The minimum absolute atomic E-state index is 0. The van der Waals surface area contributed by atoms with Crippen molar-refractivity contribution in [2.24, 2.45) is 5.92 Å². The third-order valence-corrected chi connectivity index (χ3v) is 3.65. The molecule has 0 unspecified atom stereocenters. The van der Waals surface area contributed by atoms with Crippen LogP contribution in [0.25, 0.3) is 0 Å². The molecule has 0 spiro atoms. The van der Waals surface area contributed by atoms with Crippen LogP contribution in [0.3, 0.4) is 0 Å². The summed E-state index contributed by atoms with van der Waals surface area (Å²) in [4.78, 5) is 25.9. The van der Waals surface area contributed by atoms with Gasteiger partial charge in [-0.15, -0.1) is 12.4 Å². The first-order valence-electron chi connectivity index (χ1n) is 7.56. The Morgan fingerprint density at radius 2 is 2.00 bits per heavy atom. The van der Waals surface area contributed by atoms with E-state index < -0.39 is 0 Å². The Hall–Kier alpha value is -1.63. The number of benzene rings is 1. The number of hydrogen-bond acceptors (Lipinski definition) is 4. The maximum atomic E-state index is 12.1. The lowest BCUT2D eigenvalue weighted by Crippen LogP contribution is -2.50. The van der Waals surface area contributed by atoms with E-state index in [0.717, 1.165) is 25.2 Å². The molecule has 2 rings (SSSR count). The topological polar surface area (TPSA) is 73.5 Å². The summed E-state index contributed by atoms with van der Waals surface area (Å²) >= 11 is 0. The molecule has 1 aliphatic heterocycles. The van der Waals surface area contributed by atoms with Crippen LogP contribution >= 0.6 is 12.4 Å². The lowest BCUT2D eigenvalue weighted by atomic mass is 10.0. The molecule has 23 heavy (non-hydrogen) atoms. The second kappa shape index (κ2) is 9.50. The van der Waals surface area contributed by atoms with Gasteiger partial charge < -0.3 is 20.9 Å². The fourth-order valence-corrected chi connectivity index (χ4v) is 2.13. The molecule has 0 saturated carbocycles. The van der Waals surface area contributed by atoms with Crippen molar-refractivity contribution in [2.75, 3.05) is 40.3 Å². The molecule has 7 heteroatoms. The van der Waals surface area contributed by atoms with Crippen molar-refractivity contribution in [1.82, 2.24) is 20.9 Å². The summed E-state index contributed by atoms with van der Waals surface area (Å²) in [6.45, 7) is 3.37. The molecule has 6 nitrogen and oxygen atoms in total. The van der Waals surface area contributed by atoms with Gasteiger partial charge in [-0.2, -0.15) is 0 Å². The van der Waals surface area contributed by atoms with Crippen LogP contribution in [0.2, 0.25) is 0 Å². The molecule has 2 amide bonds. The van der Waals surface area contributed by atoms with Gasteiger partial charge in [-0.3, -0.25) is 9.59 Å². The summed E-state index contributed by atoms with van der Waals surface area (Å²) in [6, 6.07) is 7.36. The number of rotatable bonds is 7. The number of hydrogen-bond donors (Lipinski definition) is 3. The summed E-state index contributed by atoms with van der Waals surface area (Å²) in [7, 11) is 3.93. The summed E-state index contributed by atoms with van der Waals surface area (Å²) in [5, 5.41) is 8.87. The van der Waals surface area contributed by atoms with E-state index in [2.05, 4.69) is 16.0 Å². The van der Waals surface area contributed by atoms with Gasteiger partial charge in [0.2, 0.25) is 5.91 Å². The molecule has 1 heterocycles. The maximum absolute atomic E-state index is 12.1. The molecule has 3 N–H and O–H groups in total. The quantitative estimate of drug-likeness (QED) is 0.664. The highest BCUT2D eigenvalue weighted by molar-refractivity contribution is 5.94. The zero-order valence-electron chi connectivity index (χ0n) is 13.6. The Bertz CT molecular complexity index is 533. The summed E-state index contributed by atoms with van der Waals surface area (Å²) < 4.78 is 0. The first kappa shape index (κ1) is 19.4. The van der Waals surface area contributed by atoms with E-state index in [0.29, 0.717) is 18.7 Å². The fourth-order valence-electron chi connectivity index (χ4n) is 2.13. The summed E-state index contributed by atoms with van der Waals surface area (Å²) in [5.41, 5.74) is 1.55. The smallest absolute Gasteiger partial charge is 0.251 e. The second-order valence-electron chi connectivity index (χ2n) is 5.83. The number of halogens is 1. The van der Waals surface area contributed by atoms with Crippen LogP contribution < -0.4 is 16.0 Å². The first-order chi connectivity index (χ1) is 10.6. The highest BCUT2D eigenvalue weighted by Gasteiger charge is 2.24. The Balaban J connectivity index is 0.00000264. The number of carbonyl (C=O) groups is 2. The van der Waals surface area contributed by atoms with Crippen molar-refractivity contribution in [3.05, 3.63) is 35.4 Å². The number of nitrogens with zero attached hydrogens (tertiary/aromatic N) is 1. The molecule has 128 valence electrons. The standard InChI is InChI=1S/C16H24N4O2.ClH/c1-20(2)7-6-18-15(21)13-5-3-4-12(8-13)9-19-16(22)14-10-17-11-14;/h3-5,8,14,17H,6-7,9-11H2,1-2H3,(H,18,21)(H,19,22);1H. The second-order valence-corrected chi connectivity index (χ2v) is 5.83. The van der Waals surface area contributed by atoms with E-state index in [1.807, 2.05) is 37.2 Å². The molecule has 0 radical (unpaired) electrons. The molecule has 0 aliphatic carbocycles. The number of carbonyl (C=O) groups excluding carboxylic acids is 2. The van der Waals surface area contributed by atoms with E-state index >= 15 is 0 Å². The van der Waals surface area contributed by atoms with Crippen molar-refractivity contribution >= 4 is 24.2 Å². The molecule has 0 aromatic heterocycles. The lowest BCUT2D eigenvalue weighted by molar-refractivity contribution is -0.126. The molecular weight excluding hydrogens is 316 g/mol. The summed E-state index contributed by atoms with van der Waals surface area (Å²) in [5.74, 6) is 0.0651. The van der Waals surface area contributed by atoms with Crippen LogP contribution in [-0.2, 0) is 11.3 Å². The Kier molecular flexibility index (Phi) is 8.02. The van der Waals surface area contributed by atoms with Gasteiger partial charge in [0.1, 0.15) is 0 Å². The van der Waals surface area contributed by atoms with Crippen molar-refractivity contribution in [3.8, 4) is 0 Å². The molecule has 1 aliphatic rings. The van der Waals surface area contributed by atoms with Crippen LogP contribution in [0.1, 0.15) is 15.9 Å². The van der Waals surface area contributed by atoms with Gasteiger partial charge in [-0.25, -0.2) is 0 Å². The zero-order valence-corrected chi connectivity index (χ0v) is 14.4. The molecule has 0 bridgehead atoms. The van der Waals surface area contributed by atoms with E-state index in [-0.39, 0.29) is 30.1 Å². The Morgan fingerprint density at radius 1 is 1.26 bits per heavy atom. The van der Waals surface area contributed by atoms with E-state index in [4.69, 9.17) is 0 Å². The average molecular weight is 341 g/mol. The molecule has 0 atom stereocenters. The van der Waals surface area contributed by atoms with Crippen molar-refractivity contribution < 1.29 is 9.59 Å². The molecule has 1 saturated heterocycles. The molecular formula is C16H25ClN4O2. The fraction of sp³-hybridized carbons (Fsp3) is 0.500. The third kappa shape index (κ3) is 6.17. The monoisotopic (exact) mass is 340 g/mol. The predicted octanol–water partition coefficient (Wildman–Crippen LogP) is 0.235. The number of amides is 2. The van der Waals surface area contributed by atoms with E-state index in [1.54, 1.807) is 6.07 Å². The van der Waals surface area contributed by atoms with Crippen LogP contribution in [-0.4, -0.2) is 57.0 Å². The van der Waals surface area contributed by atoms with Crippen molar-refractivity contribution in [3.63, 3.8) is 0 Å². The highest BCUT2D eigenvalue weighted by Crippen LogP contribution is 2.07. The molecule has 1 aromatic carbocycles. The van der Waals surface area contributed by atoms with Gasteiger partial charge in [0.25, 0.3) is 5.91 Å². The van der Waals surface area contributed by atoms with Crippen LogP contribution in [0.4, 0.5) is 0 Å². The van der Waals surface area contributed by atoms with E-state index in [9.17, 15) is 9.59 Å². The maximum Gasteiger partial charge on any atom is 0.251 e. The normalized spacial score (nSPS) is 13.9. The van der Waals surface area contributed by atoms with Crippen LogP contribution in [0, 0.1) is 5.92 Å². The molecule has 1 fully saturated rings. The third-order valence-electron chi connectivity index (χ3n) is 3.65. The zero-order chi connectivity index (χ0) is 15.9. The first-order valence-corrected chi connectivity index (χ1v) is 7.56. The predicted molar refractivity (Wildman–Crippen MR) is 92.8 cm³/mol. The summed E-state index contributed by atoms with van der Waals surface area (Å²) in [6.07, 6.45) is 0. The van der Waals surface area contributed by atoms with Gasteiger partial charge in [0, 0.05) is 38.3 Å². The Morgan fingerprint density at radius 3 is 2.61 bits per heavy atom. The van der Waals surface area contributed by atoms with Gasteiger partial charge in [-0.05, 0) is 31.8 Å². The van der Waals surface area contributed by atoms with E-state index in [1.165, 1.54) is 0 Å². The van der Waals surface area contributed by atoms with Crippen LogP contribution in [0.15, 0.2) is 24.3 Å². The van der Waals surface area contributed by atoms with Gasteiger partial charge in [-0.1, -0.05) is 12.1 Å². The SMILES string of the molecule is CN(C)CCNC(=O)c1cccc(CNC(=O)C2CNC2)c1.Cl. The van der Waals surface area contributed by atoms with Crippen molar-refractivity contribution in [1.29, 1.82) is 0 Å². The minimum Gasteiger partial charge on any atom is -0.352 e.